The molecule has 1 spiro atoms. The molecule has 0 amide bonds. The number of hydrogen-bond acceptors (Lipinski definition) is 2. The summed E-state index contributed by atoms with van der Waals surface area (Å²) in [5, 5.41) is 0. The van der Waals surface area contributed by atoms with E-state index in [1.807, 2.05) is 6.08 Å². The lowest BCUT2D eigenvalue weighted by molar-refractivity contribution is -0.154. The van der Waals surface area contributed by atoms with Crippen molar-refractivity contribution in [3.8, 4) is 0 Å². The number of rotatable bonds is 0. The third-order valence-corrected chi connectivity index (χ3v) is 9.19. The Balaban J connectivity index is 1.56. The lowest BCUT2D eigenvalue weighted by Gasteiger charge is -2.59. The number of carbonyl (C=O) groups excluding carboxylic acids is 2. The van der Waals surface area contributed by atoms with Gasteiger partial charge in [-0.25, -0.2) is 0 Å². The average Bonchev–Trinajstić information content (AvgIpc) is 2.89. The predicted molar refractivity (Wildman–Crippen MR) is 93.3 cm³/mol. The molecule has 0 radical (unpaired) electrons. The van der Waals surface area contributed by atoms with Crippen molar-refractivity contribution in [3.63, 3.8) is 0 Å². The highest BCUT2D eigenvalue weighted by molar-refractivity contribution is 5.92. The van der Waals surface area contributed by atoms with Crippen LogP contribution in [0.1, 0.15) is 65.2 Å². The van der Waals surface area contributed by atoms with Gasteiger partial charge in [-0.2, -0.15) is 0 Å². The van der Waals surface area contributed by atoms with Gasteiger partial charge in [-0.3, -0.25) is 9.59 Å². The first-order chi connectivity index (χ1) is 11.4. The van der Waals surface area contributed by atoms with Crippen molar-refractivity contribution in [1.29, 1.82) is 0 Å². The zero-order valence-electron chi connectivity index (χ0n) is 14.9. The van der Waals surface area contributed by atoms with Crippen LogP contribution < -0.4 is 0 Å². The lowest BCUT2D eigenvalue weighted by Crippen LogP contribution is -2.56. The van der Waals surface area contributed by atoms with Crippen molar-refractivity contribution >= 4 is 11.6 Å². The maximum atomic E-state index is 12.5. The van der Waals surface area contributed by atoms with Crippen molar-refractivity contribution in [3.05, 3.63) is 23.8 Å². The number of ketones is 2. The molecule has 0 aliphatic heterocycles. The standard InChI is InChI=1S/C22H28O2/c1-20-9-5-15(23)13-14(20)3-4-16-17(20)6-10-21(2)18(16)7-11-22(21)12-8-19(22)24/h3-4,13,16-18H,5-12H2,1-2H3/t16-,17+,18+,20+,21+,22+/m1/s1. The number of fused-ring (bicyclic) bond motifs is 6. The minimum absolute atomic E-state index is 0.0238. The van der Waals surface area contributed by atoms with E-state index in [2.05, 4.69) is 26.0 Å². The highest BCUT2D eigenvalue weighted by atomic mass is 16.1. The van der Waals surface area contributed by atoms with Crippen molar-refractivity contribution in [2.24, 2.45) is 34.0 Å². The molecule has 0 aromatic heterocycles. The Morgan fingerprint density at radius 2 is 1.75 bits per heavy atom. The van der Waals surface area contributed by atoms with Crippen LogP contribution in [0.15, 0.2) is 23.8 Å². The molecule has 5 rings (SSSR count). The summed E-state index contributed by atoms with van der Waals surface area (Å²) in [5.41, 5.74) is 1.69. The maximum absolute atomic E-state index is 12.5. The number of hydrogen-bond donors (Lipinski definition) is 0. The highest BCUT2D eigenvalue weighted by Crippen LogP contribution is 2.72. The smallest absolute Gasteiger partial charge is 0.156 e. The van der Waals surface area contributed by atoms with Crippen molar-refractivity contribution in [2.75, 3.05) is 0 Å². The summed E-state index contributed by atoms with van der Waals surface area (Å²) in [6, 6.07) is 0. The number of Topliss-reactive ketones (excluding diaryl/α,β-unsaturated/α-hetero) is 1. The van der Waals surface area contributed by atoms with Gasteiger partial charge in [-0.05, 0) is 78.8 Å². The molecule has 0 bridgehead atoms. The molecule has 128 valence electrons. The van der Waals surface area contributed by atoms with Gasteiger partial charge in [-0.15, -0.1) is 0 Å². The molecule has 0 saturated heterocycles. The first-order valence-corrected chi connectivity index (χ1v) is 9.87. The van der Waals surface area contributed by atoms with Crippen LogP contribution >= 0.6 is 0 Å². The molecule has 6 atom stereocenters. The van der Waals surface area contributed by atoms with E-state index >= 15 is 0 Å². The molecule has 0 unspecified atom stereocenters. The second-order valence-corrected chi connectivity index (χ2v) is 9.63. The van der Waals surface area contributed by atoms with Crippen LogP contribution in [0.3, 0.4) is 0 Å². The number of allylic oxidation sites excluding steroid dienone is 4. The summed E-state index contributed by atoms with van der Waals surface area (Å²) in [7, 11) is 0. The minimum Gasteiger partial charge on any atom is -0.299 e. The minimum atomic E-state index is 0.0238. The Hall–Kier alpha value is -1.18. The van der Waals surface area contributed by atoms with Crippen LogP contribution in [-0.2, 0) is 9.59 Å². The van der Waals surface area contributed by atoms with E-state index in [1.165, 1.54) is 24.8 Å². The number of carbonyl (C=O) groups is 2. The van der Waals surface area contributed by atoms with E-state index in [9.17, 15) is 9.59 Å². The summed E-state index contributed by atoms with van der Waals surface area (Å²) in [6.45, 7) is 4.83. The molecular weight excluding hydrogens is 296 g/mol. The van der Waals surface area contributed by atoms with Crippen LogP contribution in [0, 0.1) is 34.0 Å². The lowest BCUT2D eigenvalue weighted by atomic mass is 9.44. The highest BCUT2D eigenvalue weighted by Gasteiger charge is 2.68. The Kier molecular flexibility index (Phi) is 2.84. The fraction of sp³-hybridized carbons (Fsp3) is 0.727. The maximum Gasteiger partial charge on any atom is 0.156 e. The van der Waals surface area contributed by atoms with Crippen LogP contribution in [-0.4, -0.2) is 11.6 Å². The molecular formula is C22H28O2. The van der Waals surface area contributed by atoms with Crippen LogP contribution in [0.25, 0.3) is 0 Å². The summed E-state index contributed by atoms with van der Waals surface area (Å²) < 4.78 is 0. The summed E-state index contributed by atoms with van der Waals surface area (Å²) in [4.78, 5) is 24.4. The molecule has 0 heterocycles. The van der Waals surface area contributed by atoms with Crippen LogP contribution in [0.2, 0.25) is 0 Å². The van der Waals surface area contributed by atoms with Crippen LogP contribution in [0.5, 0.6) is 0 Å². The Morgan fingerprint density at radius 3 is 2.46 bits per heavy atom. The molecule has 0 aromatic rings. The average molecular weight is 324 g/mol. The zero-order valence-corrected chi connectivity index (χ0v) is 14.9. The van der Waals surface area contributed by atoms with Crippen molar-refractivity contribution in [1.82, 2.24) is 0 Å². The van der Waals surface area contributed by atoms with E-state index < -0.39 is 0 Å². The van der Waals surface area contributed by atoms with Gasteiger partial charge < -0.3 is 0 Å². The van der Waals surface area contributed by atoms with Gasteiger partial charge in [0.2, 0.25) is 0 Å². The van der Waals surface area contributed by atoms with Gasteiger partial charge in [-0.1, -0.05) is 26.0 Å². The topological polar surface area (TPSA) is 34.1 Å². The Labute approximate surface area is 144 Å². The quantitative estimate of drug-likeness (QED) is 0.650. The van der Waals surface area contributed by atoms with Gasteiger partial charge in [0.05, 0.1) is 0 Å². The Morgan fingerprint density at radius 1 is 0.958 bits per heavy atom. The molecule has 3 saturated carbocycles. The van der Waals surface area contributed by atoms with Gasteiger partial charge in [0.15, 0.2) is 5.78 Å². The molecule has 2 heteroatoms. The monoisotopic (exact) mass is 324 g/mol. The third kappa shape index (κ3) is 1.54. The molecule has 0 N–H and O–H groups in total. The largest absolute Gasteiger partial charge is 0.299 e. The van der Waals surface area contributed by atoms with Gasteiger partial charge in [0.1, 0.15) is 5.78 Å². The van der Waals surface area contributed by atoms with Gasteiger partial charge >= 0.3 is 0 Å². The van der Waals surface area contributed by atoms with E-state index in [1.54, 1.807) is 0 Å². The molecule has 0 aromatic carbocycles. The molecule has 5 aliphatic rings. The van der Waals surface area contributed by atoms with E-state index in [0.29, 0.717) is 35.7 Å². The summed E-state index contributed by atoms with van der Waals surface area (Å²) in [5.74, 6) is 2.77. The van der Waals surface area contributed by atoms with Crippen molar-refractivity contribution < 1.29 is 9.59 Å². The molecule has 5 aliphatic carbocycles. The second kappa shape index (κ2) is 4.51. The van der Waals surface area contributed by atoms with E-state index in [0.717, 1.165) is 25.7 Å². The normalized spacial score (nSPS) is 52.4. The molecule has 24 heavy (non-hydrogen) atoms. The Bertz CT molecular complexity index is 701. The van der Waals surface area contributed by atoms with Gasteiger partial charge in [0.25, 0.3) is 0 Å². The SMILES string of the molecule is C[C@]12CCC(=O)C=C1C=C[C@@H]1[C@@H]2CC[C@@]2(C)[C@H]1CC[C@@]21CCC1=O. The second-order valence-electron chi connectivity index (χ2n) is 9.63. The summed E-state index contributed by atoms with van der Waals surface area (Å²) >= 11 is 0. The first-order valence-electron chi connectivity index (χ1n) is 9.87. The van der Waals surface area contributed by atoms with Crippen LogP contribution in [0.4, 0.5) is 0 Å². The zero-order chi connectivity index (χ0) is 16.7. The molecule has 2 nitrogen and oxygen atoms in total. The third-order valence-electron chi connectivity index (χ3n) is 9.19. The van der Waals surface area contributed by atoms with Crippen molar-refractivity contribution in [2.45, 2.75) is 65.2 Å². The summed E-state index contributed by atoms with van der Waals surface area (Å²) in [6.07, 6.45) is 15.0. The van der Waals surface area contributed by atoms with E-state index in [4.69, 9.17) is 0 Å². The molecule has 3 fully saturated rings. The predicted octanol–water partition coefficient (Wildman–Crippen LogP) is 4.64. The fourth-order valence-electron chi connectivity index (χ4n) is 7.53. The first kappa shape index (κ1) is 15.1. The van der Waals surface area contributed by atoms with Gasteiger partial charge in [0, 0.05) is 18.3 Å². The fourth-order valence-corrected chi connectivity index (χ4v) is 7.53. The van der Waals surface area contributed by atoms with E-state index in [-0.39, 0.29) is 16.2 Å².